The highest BCUT2D eigenvalue weighted by molar-refractivity contribution is 8.02. The van der Waals surface area contributed by atoms with Gasteiger partial charge in [0.1, 0.15) is 16.1 Å². The van der Waals surface area contributed by atoms with Crippen molar-refractivity contribution in [1.82, 2.24) is 4.98 Å². The monoisotopic (exact) mass is 298 g/mol. The smallest absolute Gasteiger partial charge is 0.188 e. The fraction of sp³-hybridized carbons (Fsp3) is 0.182. The fourth-order valence-electron chi connectivity index (χ4n) is 0.964. The summed E-state index contributed by atoms with van der Waals surface area (Å²) in [5.41, 5.74) is 0.788. The van der Waals surface area contributed by atoms with E-state index in [2.05, 4.69) is 21.9 Å². The highest BCUT2D eigenvalue weighted by atomic mass is 35.5. The first-order valence-corrected chi connectivity index (χ1v) is 7.25. The predicted molar refractivity (Wildman–Crippen MR) is 80.2 cm³/mol. The first-order valence-electron chi connectivity index (χ1n) is 4.83. The molecule has 0 aromatic carbocycles. The van der Waals surface area contributed by atoms with Crippen LogP contribution in [0, 0.1) is 11.3 Å². The van der Waals surface area contributed by atoms with Crippen LogP contribution in [0.1, 0.15) is 11.8 Å². The summed E-state index contributed by atoms with van der Waals surface area (Å²) in [6, 6.07) is 2.03. The van der Waals surface area contributed by atoms with Crippen molar-refractivity contribution in [2.45, 2.75) is 6.92 Å². The molecule has 7 heteroatoms. The zero-order valence-corrected chi connectivity index (χ0v) is 12.3. The van der Waals surface area contributed by atoms with Gasteiger partial charge in [-0.15, -0.1) is 11.8 Å². The number of rotatable bonds is 5. The maximum absolute atomic E-state index is 8.68. The molecule has 1 aromatic heterocycles. The van der Waals surface area contributed by atoms with E-state index in [4.69, 9.17) is 16.9 Å². The van der Waals surface area contributed by atoms with Crippen molar-refractivity contribution in [3.05, 3.63) is 34.5 Å². The summed E-state index contributed by atoms with van der Waals surface area (Å²) in [5, 5.41) is 13.4. The van der Waals surface area contributed by atoms with Crippen LogP contribution in [0.25, 0.3) is 0 Å². The van der Waals surface area contributed by atoms with Crippen LogP contribution in [0.15, 0.2) is 34.6 Å². The van der Waals surface area contributed by atoms with Crippen LogP contribution in [0.5, 0.6) is 0 Å². The molecule has 94 valence electrons. The van der Waals surface area contributed by atoms with Gasteiger partial charge in [0, 0.05) is 5.70 Å². The molecule has 1 rings (SSSR count). The summed E-state index contributed by atoms with van der Waals surface area (Å²) in [6.07, 6.45) is 5.08. The molecule has 0 unspecified atom stereocenters. The first kappa shape index (κ1) is 14.8. The molecule has 0 radical (unpaired) electrons. The van der Waals surface area contributed by atoms with Gasteiger partial charge in [0.2, 0.25) is 0 Å². The molecular formula is C11H11ClN4S2. The van der Waals surface area contributed by atoms with Crippen LogP contribution in [-0.2, 0) is 0 Å². The van der Waals surface area contributed by atoms with Gasteiger partial charge in [-0.1, -0.05) is 29.5 Å². The summed E-state index contributed by atoms with van der Waals surface area (Å²) in [6.45, 7) is 5.55. The van der Waals surface area contributed by atoms with Crippen LogP contribution in [0.2, 0.25) is 0 Å². The van der Waals surface area contributed by atoms with Crippen molar-refractivity contribution in [1.29, 1.82) is 5.26 Å². The van der Waals surface area contributed by atoms with Crippen LogP contribution in [0.4, 0.5) is 5.13 Å². The standard InChI is InChI=1S/C11H11ClN4S2/c1-7(4-10(12)16-8(2)17-3)15-11-14-6-9(5-13)18-11/h4,6H,2H2,1,3H3,(H,14,15)/b7-4+,16-10+. The Morgan fingerprint density at radius 1 is 1.78 bits per heavy atom. The molecule has 1 N–H and O–H groups in total. The number of hydrogen-bond acceptors (Lipinski definition) is 6. The fourth-order valence-corrected chi connectivity index (χ4v) is 2.15. The highest BCUT2D eigenvalue weighted by Crippen LogP contribution is 2.19. The predicted octanol–water partition coefficient (Wildman–Crippen LogP) is 3.80. The van der Waals surface area contributed by atoms with Gasteiger partial charge < -0.3 is 5.32 Å². The topological polar surface area (TPSA) is 61.1 Å². The number of aromatic nitrogens is 1. The van der Waals surface area contributed by atoms with E-state index in [1.165, 1.54) is 29.3 Å². The normalized spacial score (nSPS) is 12.1. The van der Waals surface area contributed by atoms with Gasteiger partial charge in [0.25, 0.3) is 0 Å². The van der Waals surface area contributed by atoms with Gasteiger partial charge in [-0.2, -0.15) is 5.26 Å². The van der Waals surface area contributed by atoms with Crippen molar-refractivity contribution >= 4 is 45.0 Å². The van der Waals surface area contributed by atoms with Crippen molar-refractivity contribution in [3.63, 3.8) is 0 Å². The molecule has 0 saturated heterocycles. The number of allylic oxidation sites excluding steroid dienone is 2. The molecule has 0 amide bonds. The number of nitrogens with zero attached hydrogens (tertiary/aromatic N) is 3. The third-order valence-electron chi connectivity index (χ3n) is 1.72. The minimum atomic E-state index is 0.344. The number of anilines is 1. The molecule has 0 aliphatic heterocycles. The Morgan fingerprint density at radius 2 is 2.50 bits per heavy atom. The molecule has 0 fully saturated rings. The first-order chi connectivity index (χ1) is 8.55. The van der Waals surface area contributed by atoms with Crippen LogP contribution in [-0.4, -0.2) is 16.4 Å². The third kappa shape index (κ3) is 4.92. The van der Waals surface area contributed by atoms with Crippen molar-refractivity contribution < 1.29 is 0 Å². The lowest BCUT2D eigenvalue weighted by atomic mass is 10.4. The zero-order valence-electron chi connectivity index (χ0n) is 9.90. The second-order valence-corrected chi connectivity index (χ2v) is 5.42. The van der Waals surface area contributed by atoms with Gasteiger partial charge in [-0.3, -0.25) is 0 Å². The number of thioether (sulfide) groups is 1. The maximum Gasteiger partial charge on any atom is 0.188 e. The molecule has 0 spiro atoms. The lowest BCUT2D eigenvalue weighted by Gasteiger charge is -2.01. The molecule has 4 nitrogen and oxygen atoms in total. The number of nitriles is 1. The summed E-state index contributed by atoms with van der Waals surface area (Å²) < 4.78 is 0. The van der Waals surface area contributed by atoms with Crippen LogP contribution in [0.3, 0.4) is 0 Å². The van der Waals surface area contributed by atoms with E-state index in [0.29, 0.717) is 20.2 Å². The van der Waals surface area contributed by atoms with Crippen molar-refractivity contribution in [2.24, 2.45) is 4.99 Å². The third-order valence-corrected chi connectivity index (χ3v) is 3.30. The van der Waals surface area contributed by atoms with E-state index in [9.17, 15) is 0 Å². The Kier molecular flexibility index (Phi) is 5.92. The Labute approximate surface area is 119 Å². The summed E-state index contributed by atoms with van der Waals surface area (Å²) in [7, 11) is 0. The molecule has 1 aromatic rings. The van der Waals surface area contributed by atoms with Crippen molar-refractivity contribution in [2.75, 3.05) is 11.6 Å². The Morgan fingerprint density at radius 3 is 3.06 bits per heavy atom. The Balaban J connectivity index is 2.70. The Bertz CT molecular complexity index is 539. The molecular weight excluding hydrogens is 288 g/mol. The molecule has 1 heterocycles. The lowest BCUT2D eigenvalue weighted by molar-refractivity contribution is 1.32. The molecule has 0 aliphatic carbocycles. The van der Waals surface area contributed by atoms with Crippen molar-refractivity contribution in [3.8, 4) is 6.07 Å². The maximum atomic E-state index is 8.68. The highest BCUT2D eigenvalue weighted by Gasteiger charge is 2.01. The lowest BCUT2D eigenvalue weighted by Crippen LogP contribution is -1.96. The average molecular weight is 299 g/mol. The number of aliphatic imine (C=N–C) groups is 1. The zero-order chi connectivity index (χ0) is 13.5. The summed E-state index contributed by atoms with van der Waals surface area (Å²) >= 11 is 8.64. The molecule has 0 aliphatic rings. The van der Waals surface area contributed by atoms with Gasteiger partial charge in [-0.25, -0.2) is 9.98 Å². The molecule has 18 heavy (non-hydrogen) atoms. The molecule has 0 saturated carbocycles. The minimum Gasteiger partial charge on any atom is -0.335 e. The van der Waals surface area contributed by atoms with E-state index < -0.39 is 0 Å². The second-order valence-electron chi connectivity index (χ2n) is 3.13. The van der Waals surface area contributed by atoms with E-state index >= 15 is 0 Å². The van der Waals surface area contributed by atoms with Crippen LogP contribution < -0.4 is 5.32 Å². The molecule has 0 bridgehead atoms. The number of thiazole rings is 1. The SMILES string of the molecule is C=C(/N=C(Cl)\C=C(/C)Nc1ncc(C#N)s1)SC. The van der Waals surface area contributed by atoms with E-state index in [0.717, 1.165) is 5.70 Å². The summed E-state index contributed by atoms with van der Waals surface area (Å²) in [5.74, 6) is 0. The van der Waals surface area contributed by atoms with Gasteiger partial charge in [0.15, 0.2) is 5.13 Å². The van der Waals surface area contributed by atoms with Gasteiger partial charge in [0.05, 0.1) is 11.2 Å². The van der Waals surface area contributed by atoms with Gasteiger partial charge >= 0.3 is 0 Å². The Hall–Kier alpha value is -1.29. The largest absolute Gasteiger partial charge is 0.335 e. The van der Waals surface area contributed by atoms with E-state index in [-0.39, 0.29) is 0 Å². The van der Waals surface area contributed by atoms with E-state index in [1.54, 1.807) is 6.08 Å². The number of hydrogen-bond donors (Lipinski definition) is 1. The van der Waals surface area contributed by atoms with Crippen LogP contribution >= 0.6 is 34.7 Å². The number of halogens is 1. The number of nitrogens with one attached hydrogen (secondary N) is 1. The minimum absolute atomic E-state index is 0.344. The second kappa shape index (κ2) is 7.21. The van der Waals surface area contributed by atoms with Gasteiger partial charge in [-0.05, 0) is 19.3 Å². The summed E-state index contributed by atoms with van der Waals surface area (Å²) in [4.78, 5) is 8.67. The quantitative estimate of drug-likeness (QED) is 0.840. The van der Waals surface area contributed by atoms with E-state index in [1.807, 2.05) is 19.2 Å². The molecule has 0 atom stereocenters. The average Bonchev–Trinajstić information content (AvgIpc) is 2.75.